The second-order valence-corrected chi connectivity index (χ2v) is 5.92. The normalized spacial score (nSPS) is 12.8. The summed E-state index contributed by atoms with van der Waals surface area (Å²) >= 11 is 3.69. The summed E-state index contributed by atoms with van der Waals surface area (Å²) in [6, 6.07) is 1.93. The van der Waals surface area contributed by atoms with Crippen LogP contribution in [0.25, 0.3) is 0 Å². The zero-order valence-corrected chi connectivity index (χ0v) is 12.4. The number of alkyl halides is 1. The summed E-state index contributed by atoms with van der Waals surface area (Å²) in [4.78, 5) is 8.84. The third-order valence-corrected chi connectivity index (χ3v) is 3.01. The summed E-state index contributed by atoms with van der Waals surface area (Å²) in [5, 5.41) is 0. The van der Waals surface area contributed by atoms with Crippen molar-refractivity contribution < 1.29 is 4.74 Å². The lowest BCUT2D eigenvalue weighted by atomic mass is 10.1. The van der Waals surface area contributed by atoms with Crippen molar-refractivity contribution in [3.63, 3.8) is 0 Å². The molecule has 0 saturated heterocycles. The molecular weight excluding hydrogens is 280 g/mol. The molecule has 0 aromatic carbocycles. The van der Waals surface area contributed by atoms with Gasteiger partial charge in [0.05, 0.1) is 6.61 Å². The molecule has 0 bridgehead atoms. The molecule has 0 spiro atoms. The highest BCUT2D eigenvalue weighted by Crippen LogP contribution is 2.18. The van der Waals surface area contributed by atoms with Gasteiger partial charge in [0.2, 0.25) is 5.88 Å². The first-order chi connectivity index (χ1) is 8.11. The molecule has 1 heterocycles. The number of ether oxygens (including phenoxy) is 1. The molecule has 17 heavy (non-hydrogen) atoms. The molecule has 0 radical (unpaired) electrons. The third-order valence-electron chi connectivity index (χ3n) is 2.31. The average molecular weight is 301 g/mol. The highest BCUT2D eigenvalue weighted by Gasteiger charge is 2.09. The number of aromatic nitrogens is 2. The molecule has 96 valence electrons. The van der Waals surface area contributed by atoms with Crippen molar-refractivity contribution in [2.75, 3.05) is 6.61 Å². The van der Waals surface area contributed by atoms with Gasteiger partial charge >= 0.3 is 0 Å². The van der Waals surface area contributed by atoms with Crippen molar-refractivity contribution in [2.45, 2.75) is 44.9 Å². The van der Waals surface area contributed by atoms with Crippen molar-refractivity contribution in [3.8, 4) is 5.88 Å². The molecule has 4 heteroatoms. The van der Waals surface area contributed by atoms with E-state index in [0.29, 0.717) is 23.2 Å². The molecule has 1 rings (SSSR count). The predicted molar refractivity (Wildman–Crippen MR) is 73.7 cm³/mol. The van der Waals surface area contributed by atoms with Crippen LogP contribution in [-0.4, -0.2) is 21.4 Å². The van der Waals surface area contributed by atoms with Crippen LogP contribution in [0, 0.1) is 5.92 Å². The van der Waals surface area contributed by atoms with E-state index in [1.807, 2.05) is 6.07 Å². The van der Waals surface area contributed by atoms with Crippen molar-refractivity contribution in [1.82, 2.24) is 9.97 Å². The average Bonchev–Trinajstić information content (AvgIpc) is 2.25. The number of nitrogens with zero attached hydrogens (tertiary/aromatic N) is 2. The predicted octanol–water partition coefficient (Wildman–Crippen LogP) is 3.62. The van der Waals surface area contributed by atoms with E-state index < -0.39 is 0 Å². The van der Waals surface area contributed by atoms with Crippen LogP contribution in [0.4, 0.5) is 0 Å². The Morgan fingerprint density at radius 2 is 2.12 bits per heavy atom. The fourth-order valence-corrected chi connectivity index (χ4v) is 2.68. The van der Waals surface area contributed by atoms with Gasteiger partial charge in [-0.15, -0.1) is 0 Å². The van der Waals surface area contributed by atoms with Crippen LogP contribution in [0.2, 0.25) is 0 Å². The summed E-state index contributed by atoms with van der Waals surface area (Å²) in [6.45, 7) is 7.24. The lowest BCUT2D eigenvalue weighted by molar-refractivity contribution is 0.304. The molecule has 0 saturated carbocycles. The maximum Gasteiger partial charge on any atom is 0.216 e. The minimum Gasteiger partial charge on any atom is -0.478 e. The van der Waals surface area contributed by atoms with Crippen LogP contribution in [0.1, 0.15) is 39.3 Å². The van der Waals surface area contributed by atoms with Gasteiger partial charge in [-0.2, -0.15) is 0 Å². The zero-order chi connectivity index (χ0) is 12.7. The lowest BCUT2D eigenvalue weighted by Gasteiger charge is -2.12. The van der Waals surface area contributed by atoms with Crippen LogP contribution in [0.5, 0.6) is 5.88 Å². The van der Waals surface area contributed by atoms with Gasteiger partial charge in [-0.05, 0) is 18.8 Å². The molecule has 0 aliphatic heterocycles. The van der Waals surface area contributed by atoms with Gasteiger partial charge in [-0.1, -0.05) is 36.7 Å². The molecule has 1 aromatic heterocycles. The van der Waals surface area contributed by atoms with Gasteiger partial charge in [0.1, 0.15) is 6.33 Å². The maximum absolute atomic E-state index is 5.49. The van der Waals surface area contributed by atoms with Gasteiger partial charge in [0, 0.05) is 23.0 Å². The van der Waals surface area contributed by atoms with E-state index >= 15 is 0 Å². The Morgan fingerprint density at radius 3 is 2.76 bits per heavy atom. The monoisotopic (exact) mass is 300 g/mol. The largest absolute Gasteiger partial charge is 0.478 e. The lowest BCUT2D eigenvalue weighted by Crippen LogP contribution is -2.08. The fraction of sp³-hybridized carbons (Fsp3) is 0.692. The zero-order valence-electron chi connectivity index (χ0n) is 10.8. The molecule has 1 aromatic rings. The van der Waals surface area contributed by atoms with E-state index in [-0.39, 0.29) is 0 Å². The van der Waals surface area contributed by atoms with Crippen molar-refractivity contribution in [3.05, 3.63) is 18.1 Å². The second-order valence-electron chi connectivity index (χ2n) is 4.63. The quantitative estimate of drug-likeness (QED) is 0.722. The number of halogens is 1. The summed E-state index contributed by atoms with van der Waals surface area (Å²) in [6.07, 6.45) is 4.64. The van der Waals surface area contributed by atoms with E-state index in [2.05, 4.69) is 46.7 Å². The van der Waals surface area contributed by atoms with Gasteiger partial charge in [-0.25, -0.2) is 9.97 Å². The van der Waals surface area contributed by atoms with E-state index in [1.165, 1.54) is 0 Å². The highest BCUT2D eigenvalue weighted by molar-refractivity contribution is 9.09. The van der Waals surface area contributed by atoms with Crippen LogP contribution in [0.15, 0.2) is 12.4 Å². The van der Waals surface area contributed by atoms with Gasteiger partial charge in [-0.3, -0.25) is 0 Å². The summed E-state index contributed by atoms with van der Waals surface area (Å²) in [5.74, 6) is 1.37. The van der Waals surface area contributed by atoms with E-state index in [9.17, 15) is 0 Å². The molecule has 0 amide bonds. The number of hydrogen-bond acceptors (Lipinski definition) is 3. The van der Waals surface area contributed by atoms with Gasteiger partial charge in [0.25, 0.3) is 0 Å². The summed E-state index contributed by atoms with van der Waals surface area (Å²) in [5.41, 5.74) is 1.04. The van der Waals surface area contributed by atoms with Crippen molar-refractivity contribution in [2.24, 2.45) is 5.92 Å². The highest BCUT2D eigenvalue weighted by atomic mass is 79.9. The van der Waals surface area contributed by atoms with Crippen molar-refractivity contribution >= 4 is 15.9 Å². The Kier molecular flexibility index (Phi) is 6.48. The van der Waals surface area contributed by atoms with Crippen LogP contribution >= 0.6 is 15.9 Å². The van der Waals surface area contributed by atoms with E-state index in [1.54, 1.807) is 6.33 Å². The van der Waals surface area contributed by atoms with E-state index in [4.69, 9.17) is 4.74 Å². The number of rotatable bonds is 7. The first kappa shape index (κ1) is 14.4. The Balaban J connectivity index is 2.52. The van der Waals surface area contributed by atoms with E-state index in [0.717, 1.165) is 25.0 Å². The number of hydrogen-bond donors (Lipinski definition) is 0. The molecule has 0 N–H and O–H groups in total. The minimum atomic E-state index is 0.469. The summed E-state index contributed by atoms with van der Waals surface area (Å²) in [7, 11) is 0. The first-order valence-corrected chi connectivity index (χ1v) is 7.11. The van der Waals surface area contributed by atoms with Crippen LogP contribution in [-0.2, 0) is 6.42 Å². The molecule has 0 aliphatic rings. The first-order valence-electron chi connectivity index (χ1n) is 6.19. The molecule has 1 atom stereocenters. The molecule has 0 aliphatic carbocycles. The molecule has 0 fully saturated rings. The van der Waals surface area contributed by atoms with Crippen molar-refractivity contribution in [1.29, 1.82) is 0 Å². The Morgan fingerprint density at radius 1 is 1.35 bits per heavy atom. The van der Waals surface area contributed by atoms with Gasteiger partial charge in [0.15, 0.2) is 0 Å². The molecule has 3 nitrogen and oxygen atoms in total. The standard InChI is InChI=1S/C13H21BrN2O/c1-4-5-17-13-8-12(15-9-16-13)7-11(14)6-10(2)3/h8-11H,4-7H2,1-3H3. The SMILES string of the molecule is CCCOc1cc(CC(Br)CC(C)C)ncn1. The Labute approximate surface area is 112 Å². The summed E-state index contributed by atoms with van der Waals surface area (Å²) < 4.78 is 5.49. The minimum absolute atomic E-state index is 0.469. The topological polar surface area (TPSA) is 35.0 Å². The van der Waals surface area contributed by atoms with Crippen LogP contribution in [0.3, 0.4) is 0 Å². The Bertz CT molecular complexity index is 331. The van der Waals surface area contributed by atoms with Gasteiger partial charge < -0.3 is 4.74 Å². The molecule has 1 unspecified atom stereocenters. The Hall–Kier alpha value is -0.640. The van der Waals surface area contributed by atoms with Crippen LogP contribution < -0.4 is 4.74 Å². The molecular formula is C13H21BrN2O. The fourth-order valence-electron chi connectivity index (χ4n) is 1.60. The second kappa shape index (κ2) is 7.64. The third kappa shape index (κ3) is 6.01. The smallest absolute Gasteiger partial charge is 0.216 e. The maximum atomic E-state index is 5.49.